The SMILES string of the molecule is Cc1cc(C2(N)N=C(N)NN2)cnc1N1CCN(C2CC3CCC2C3)CC1. The van der Waals surface area contributed by atoms with Crippen LogP contribution in [-0.4, -0.2) is 48.1 Å². The van der Waals surface area contributed by atoms with E-state index in [2.05, 4.69) is 38.6 Å². The Morgan fingerprint density at radius 2 is 2.00 bits per heavy atom. The van der Waals surface area contributed by atoms with Gasteiger partial charge in [0.15, 0.2) is 0 Å². The van der Waals surface area contributed by atoms with Gasteiger partial charge in [-0.05, 0) is 49.7 Å². The second kappa shape index (κ2) is 6.32. The summed E-state index contributed by atoms with van der Waals surface area (Å²) in [7, 11) is 0. The molecule has 0 spiro atoms. The Labute approximate surface area is 160 Å². The van der Waals surface area contributed by atoms with E-state index in [4.69, 9.17) is 16.5 Å². The molecule has 146 valence electrons. The van der Waals surface area contributed by atoms with Crippen molar-refractivity contribution in [3.8, 4) is 0 Å². The van der Waals surface area contributed by atoms with E-state index in [-0.39, 0.29) is 5.96 Å². The standard InChI is InChI=1S/C19H30N8/c1-12-8-15(19(21)23-18(20)24-25-19)11-22-17(12)27-6-4-26(5-7-27)16-10-13-2-3-14(16)9-13/h8,11,13-14,16,25H,2-7,9-10,21H2,1H3,(H3,20,23,24). The van der Waals surface area contributed by atoms with E-state index < -0.39 is 5.79 Å². The summed E-state index contributed by atoms with van der Waals surface area (Å²) in [6.45, 7) is 6.46. The molecule has 5 rings (SSSR count). The zero-order valence-electron chi connectivity index (χ0n) is 16.0. The topological polar surface area (TPSA) is 108 Å². The average molecular weight is 371 g/mol. The fourth-order valence-electron chi connectivity index (χ4n) is 5.57. The lowest BCUT2D eigenvalue weighted by Crippen LogP contribution is -2.52. The van der Waals surface area contributed by atoms with Gasteiger partial charge in [0.25, 0.3) is 0 Å². The smallest absolute Gasteiger partial charge is 0.210 e. The number of nitrogens with one attached hydrogen (secondary N) is 2. The predicted molar refractivity (Wildman–Crippen MR) is 106 cm³/mol. The number of hydrogen-bond donors (Lipinski definition) is 4. The summed E-state index contributed by atoms with van der Waals surface area (Å²) in [6, 6.07) is 2.89. The fourth-order valence-corrected chi connectivity index (χ4v) is 5.57. The van der Waals surface area contributed by atoms with Crippen molar-refractivity contribution in [1.82, 2.24) is 20.7 Å². The largest absolute Gasteiger partial charge is 0.369 e. The number of aryl methyl sites for hydroxylation is 1. The van der Waals surface area contributed by atoms with Crippen LogP contribution in [0.4, 0.5) is 5.82 Å². The van der Waals surface area contributed by atoms with E-state index in [0.29, 0.717) is 0 Å². The van der Waals surface area contributed by atoms with Crippen LogP contribution in [0.1, 0.15) is 36.8 Å². The molecule has 0 amide bonds. The zero-order chi connectivity index (χ0) is 18.6. The highest BCUT2D eigenvalue weighted by atomic mass is 15.6. The van der Waals surface area contributed by atoms with Crippen molar-refractivity contribution in [3.63, 3.8) is 0 Å². The number of anilines is 1. The van der Waals surface area contributed by atoms with Crippen LogP contribution >= 0.6 is 0 Å². The Morgan fingerprint density at radius 1 is 1.19 bits per heavy atom. The summed E-state index contributed by atoms with van der Waals surface area (Å²) in [5.74, 6) is 2.25. The lowest BCUT2D eigenvalue weighted by Gasteiger charge is -2.41. The first-order chi connectivity index (χ1) is 13.0. The Hall–Kier alpha value is -1.90. The van der Waals surface area contributed by atoms with Crippen molar-refractivity contribution in [1.29, 1.82) is 0 Å². The minimum atomic E-state index is -1.05. The number of hydrogen-bond acceptors (Lipinski definition) is 8. The van der Waals surface area contributed by atoms with Gasteiger partial charge in [0.05, 0.1) is 0 Å². The van der Waals surface area contributed by atoms with E-state index in [1.807, 2.05) is 0 Å². The number of aliphatic imine (C=N–C) groups is 1. The number of hydrazine groups is 1. The number of nitrogens with two attached hydrogens (primary N) is 2. The van der Waals surface area contributed by atoms with Crippen LogP contribution < -0.4 is 27.2 Å². The normalized spacial score (nSPS) is 36.1. The molecular formula is C19H30N8. The van der Waals surface area contributed by atoms with Crippen LogP contribution in [0.3, 0.4) is 0 Å². The molecule has 4 unspecified atom stereocenters. The summed E-state index contributed by atoms with van der Waals surface area (Å²) < 4.78 is 0. The first kappa shape index (κ1) is 17.2. The molecule has 0 radical (unpaired) electrons. The molecule has 8 heteroatoms. The Bertz CT molecular complexity index is 756. The molecule has 6 N–H and O–H groups in total. The predicted octanol–water partition coefficient (Wildman–Crippen LogP) is 0.192. The molecular weight excluding hydrogens is 340 g/mol. The molecule has 4 aliphatic rings. The van der Waals surface area contributed by atoms with Gasteiger partial charge in [-0.15, -0.1) is 0 Å². The summed E-state index contributed by atoms with van der Waals surface area (Å²) in [5, 5.41) is 0. The van der Waals surface area contributed by atoms with Crippen molar-refractivity contribution in [2.45, 2.75) is 44.4 Å². The summed E-state index contributed by atoms with van der Waals surface area (Å²) in [4.78, 5) is 14.1. The minimum absolute atomic E-state index is 0.288. The molecule has 2 saturated carbocycles. The van der Waals surface area contributed by atoms with Crippen LogP contribution in [0.15, 0.2) is 17.3 Å². The number of fused-ring (bicyclic) bond motifs is 2. The van der Waals surface area contributed by atoms with Crippen LogP contribution in [0, 0.1) is 18.8 Å². The van der Waals surface area contributed by atoms with Gasteiger partial charge < -0.3 is 10.6 Å². The fraction of sp³-hybridized carbons (Fsp3) is 0.684. The number of guanidine groups is 1. The number of pyridine rings is 1. The molecule has 2 bridgehead atoms. The Balaban J connectivity index is 1.26. The number of rotatable bonds is 3. The average Bonchev–Trinajstić information content (AvgIpc) is 3.38. The molecule has 1 saturated heterocycles. The third-order valence-electron chi connectivity index (χ3n) is 6.95. The van der Waals surface area contributed by atoms with Crippen LogP contribution in [-0.2, 0) is 5.79 Å². The summed E-state index contributed by atoms with van der Waals surface area (Å²) >= 11 is 0. The van der Waals surface area contributed by atoms with Crippen LogP contribution in [0.25, 0.3) is 0 Å². The van der Waals surface area contributed by atoms with Crippen LogP contribution in [0.2, 0.25) is 0 Å². The maximum Gasteiger partial charge on any atom is 0.210 e. The van der Waals surface area contributed by atoms with E-state index in [1.54, 1.807) is 6.20 Å². The van der Waals surface area contributed by atoms with Gasteiger partial charge in [-0.3, -0.25) is 16.1 Å². The lowest BCUT2D eigenvalue weighted by molar-refractivity contribution is 0.134. The molecule has 1 aromatic heterocycles. The second-order valence-electron chi connectivity index (χ2n) is 8.64. The molecule has 3 fully saturated rings. The maximum atomic E-state index is 6.28. The van der Waals surface area contributed by atoms with Crippen molar-refractivity contribution < 1.29 is 0 Å². The van der Waals surface area contributed by atoms with E-state index in [0.717, 1.165) is 61.0 Å². The second-order valence-corrected chi connectivity index (χ2v) is 8.64. The van der Waals surface area contributed by atoms with E-state index in [9.17, 15) is 0 Å². The van der Waals surface area contributed by atoms with E-state index in [1.165, 1.54) is 25.7 Å². The first-order valence-corrected chi connectivity index (χ1v) is 10.2. The molecule has 2 aliphatic heterocycles. The van der Waals surface area contributed by atoms with Gasteiger partial charge in [-0.1, -0.05) is 6.42 Å². The lowest BCUT2D eigenvalue weighted by atomic mass is 9.93. The van der Waals surface area contributed by atoms with Crippen molar-refractivity contribution in [3.05, 3.63) is 23.4 Å². The highest BCUT2D eigenvalue weighted by molar-refractivity contribution is 5.79. The zero-order valence-corrected chi connectivity index (χ0v) is 16.0. The van der Waals surface area contributed by atoms with Gasteiger partial charge in [0.2, 0.25) is 11.7 Å². The molecule has 0 aromatic carbocycles. The molecule has 8 nitrogen and oxygen atoms in total. The van der Waals surface area contributed by atoms with E-state index >= 15 is 0 Å². The number of aromatic nitrogens is 1. The number of piperazine rings is 1. The van der Waals surface area contributed by atoms with Gasteiger partial charge in [-0.25, -0.2) is 9.98 Å². The van der Waals surface area contributed by atoms with Gasteiger partial charge in [0, 0.05) is 44.0 Å². The number of nitrogens with zero attached hydrogens (tertiary/aromatic N) is 4. The molecule has 2 aliphatic carbocycles. The highest BCUT2D eigenvalue weighted by Gasteiger charge is 2.42. The van der Waals surface area contributed by atoms with Crippen molar-refractivity contribution in [2.24, 2.45) is 28.3 Å². The first-order valence-electron chi connectivity index (χ1n) is 10.2. The molecule has 3 heterocycles. The van der Waals surface area contributed by atoms with Gasteiger partial charge in [-0.2, -0.15) is 5.43 Å². The Morgan fingerprint density at radius 3 is 2.59 bits per heavy atom. The molecule has 27 heavy (non-hydrogen) atoms. The minimum Gasteiger partial charge on any atom is -0.369 e. The monoisotopic (exact) mass is 370 g/mol. The maximum absolute atomic E-state index is 6.28. The van der Waals surface area contributed by atoms with Crippen LogP contribution in [0.5, 0.6) is 0 Å². The summed E-state index contributed by atoms with van der Waals surface area (Å²) in [5.41, 5.74) is 19.6. The molecule has 1 aromatic rings. The summed E-state index contributed by atoms with van der Waals surface area (Å²) in [6.07, 6.45) is 7.64. The third-order valence-corrected chi connectivity index (χ3v) is 6.95. The van der Waals surface area contributed by atoms with Gasteiger partial charge >= 0.3 is 0 Å². The van der Waals surface area contributed by atoms with Crippen molar-refractivity contribution >= 4 is 11.8 Å². The Kier molecular flexibility index (Phi) is 4.03. The van der Waals surface area contributed by atoms with Gasteiger partial charge in [0.1, 0.15) is 5.82 Å². The highest BCUT2D eigenvalue weighted by Crippen LogP contribution is 2.46. The quantitative estimate of drug-likeness (QED) is 0.602. The molecule has 4 atom stereocenters. The third kappa shape index (κ3) is 2.96. The van der Waals surface area contributed by atoms with Crippen molar-refractivity contribution in [2.75, 3.05) is 31.1 Å².